The van der Waals surface area contributed by atoms with Crippen molar-refractivity contribution in [2.24, 2.45) is 5.92 Å². The van der Waals surface area contributed by atoms with Gasteiger partial charge in [0.2, 0.25) is 0 Å². The van der Waals surface area contributed by atoms with Crippen LogP contribution in [0.15, 0.2) is 18.2 Å². The quantitative estimate of drug-likeness (QED) is 0.454. The Bertz CT molecular complexity index is 677. The van der Waals surface area contributed by atoms with E-state index in [1.54, 1.807) is 6.07 Å². The van der Waals surface area contributed by atoms with E-state index in [0.717, 1.165) is 32.4 Å². The second kappa shape index (κ2) is 9.17. The van der Waals surface area contributed by atoms with Crippen molar-refractivity contribution in [1.82, 2.24) is 5.32 Å². The van der Waals surface area contributed by atoms with Crippen LogP contribution >= 0.6 is 0 Å². The van der Waals surface area contributed by atoms with E-state index in [-0.39, 0.29) is 11.3 Å². The highest BCUT2D eigenvalue weighted by Gasteiger charge is 2.25. The summed E-state index contributed by atoms with van der Waals surface area (Å²) in [5.74, 6) is -0.679. The van der Waals surface area contributed by atoms with Crippen LogP contribution in [0.5, 0.6) is 0 Å². The van der Waals surface area contributed by atoms with Crippen molar-refractivity contribution in [3.05, 3.63) is 33.9 Å². The maximum atomic E-state index is 12.1. The molecule has 1 aromatic rings. The van der Waals surface area contributed by atoms with Gasteiger partial charge in [0.05, 0.1) is 10.5 Å². The first-order chi connectivity index (χ1) is 12.4. The second-order valence-corrected chi connectivity index (χ2v) is 6.58. The third kappa shape index (κ3) is 5.18. The summed E-state index contributed by atoms with van der Waals surface area (Å²) < 4.78 is 4.94. The summed E-state index contributed by atoms with van der Waals surface area (Å²) in [5.41, 5.74) is 0.455. The molecular formula is C18H25N3O5. The number of carbonyl (C=O) groups excluding carboxylic acids is 2. The fraction of sp³-hybridized carbons (Fsp3) is 0.556. The molecule has 0 radical (unpaired) electrons. The molecule has 8 nitrogen and oxygen atoms in total. The van der Waals surface area contributed by atoms with Crippen LogP contribution in [-0.2, 0) is 9.53 Å². The molecule has 8 heteroatoms. The number of ether oxygens (including phenoxy) is 1. The molecule has 0 saturated carbocycles. The van der Waals surface area contributed by atoms with Gasteiger partial charge in [0.15, 0.2) is 6.61 Å². The molecule has 1 amide bonds. The third-order valence-electron chi connectivity index (χ3n) is 4.31. The minimum absolute atomic E-state index is 0.0637. The average Bonchev–Trinajstić information content (AvgIpc) is 2.63. The molecule has 0 aromatic heterocycles. The summed E-state index contributed by atoms with van der Waals surface area (Å²) in [6, 6.07) is 4.32. The summed E-state index contributed by atoms with van der Waals surface area (Å²) in [6.45, 7) is 5.64. The monoisotopic (exact) mass is 363 g/mol. The van der Waals surface area contributed by atoms with E-state index in [1.807, 2.05) is 11.8 Å². The zero-order chi connectivity index (χ0) is 19.1. The van der Waals surface area contributed by atoms with Crippen LogP contribution in [0.1, 0.15) is 43.5 Å². The molecule has 1 aromatic carbocycles. The van der Waals surface area contributed by atoms with Crippen LogP contribution in [0, 0.1) is 16.0 Å². The van der Waals surface area contributed by atoms with Crippen molar-refractivity contribution in [3.8, 4) is 0 Å². The van der Waals surface area contributed by atoms with Crippen LogP contribution in [0.3, 0.4) is 0 Å². The molecule has 0 aliphatic carbocycles. The predicted molar refractivity (Wildman–Crippen MR) is 97.3 cm³/mol. The van der Waals surface area contributed by atoms with E-state index in [1.165, 1.54) is 12.1 Å². The number of anilines is 1. The Labute approximate surface area is 152 Å². The van der Waals surface area contributed by atoms with E-state index in [0.29, 0.717) is 18.2 Å². The van der Waals surface area contributed by atoms with Gasteiger partial charge >= 0.3 is 5.97 Å². The minimum atomic E-state index is -0.752. The van der Waals surface area contributed by atoms with Gasteiger partial charge in [-0.25, -0.2) is 4.79 Å². The fourth-order valence-electron chi connectivity index (χ4n) is 3.00. The number of rotatable bonds is 7. The zero-order valence-electron chi connectivity index (χ0n) is 15.2. The Balaban J connectivity index is 2.10. The third-order valence-corrected chi connectivity index (χ3v) is 4.31. The predicted octanol–water partition coefficient (Wildman–Crippen LogP) is 2.51. The molecule has 0 bridgehead atoms. The molecule has 26 heavy (non-hydrogen) atoms. The first-order valence-electron chi connectivity index (χ1n) is 8.89. The van der Waals surface area contributed by atoms with Crippen molar-refractivity contribution in [1.29, 1.82) is 0 Å². The van der Waals surface area contributed by atoms with E-state index >= 15 is 0 Å². The van der Waals surface area contributed by atoms with Gasteiger partial charge in [-0.3, -0.25) is 14.9 Å². The number of nitrogens with one attached hydrogen (secondary N) is 1. The molecule has 1 aliphatic heterocycles. The number of piperidine rings is 1. The zero-order valence-corrected chi connectivity index (χ0v) is 15.2. The van der Waals surface area contributed by atoms with E-state index < -0.39 is 23.4 Å². The lowest BCUT2D eigenvalue weighted by atomic mass is 9.99. The van der Waals surface area contributed by atoms with Crippen molar-refractivity contribution in [3.63, 3.8) is 0 Å². The number of nitro benzene ring substituents is 1. The van der Waals surface area contributed by atoms with Gasteiger partial charge in [-0.05, 0) is 37.3 Å². The van der Waals surface area contributed by atoms with Crippen molar-refractivity contribution < 1.29 is 19.2 Å². The number of hydrogen-bond acceptors (Lipinski definition) is 6. The number of hydrogen-bond donors (Lipinski definition) is 1. The molecule has 0 unspecified atom stereocenters. The molecule has 1 N–H and O–H groups in total. The lowest BCUT2D eigenvalue weighted by molar-refractivity contribution is -0.384. The standard InChI is InChI=1S/C18H25N3O5/c1-3-8-19-17(22)12-26-18(23)14-6-7-15(16(10-14)21(24)25)20-9-4-5-13(2)11-20/h6-7,10,13H,3-5,8-9,11-12H2,1-2H3,(H,19,22)/t13-/m1/s1. The number of amides is 1. The molecule has 0 spiro atoms. The van der Waals surface area contributed by atoms with Crippen LogP contribution < -0.4 is 10.2 Å². The van der Waals surface area contributed by atoms with E-state index in [9.17, 15) is 19.7 Å². The Morgan fingerprint density at radius 2 is 2.19 bits per heavy atom. The summed E-state index contributed by atoms with van der Waals surface area (Å²) in [6.07, 6.45) is 2.87. The largest absolute Gasteiger partial charge is 0.452 e. The molecule has 1 atom stereocenters. The minimum Gasteiger partial charge on any atom is -0.452 e. The van der Waals surface area contributed by atoms with Crippen molar-refractivity contribution in [2.45, 2.75) is 33.1 Å². The van der Waals surface area contributed by atoms with Crippen LogP contribution in [0.4, 0.5) is 11.4 Å². The maximum Gasteiger partial charge on any atom is 0.338 e. The highest BCUT2D eigenvalue weighted by molar-refractivity contribution is 5.93. The number of benzene rings is 1. The summed E-state index contributed by atoms with van der Waals surface area (Å²) >= 11 is 0. The van der Waals surface area contributed by atoms with Gasteiger partial charge in [-0.1, -0.05) is 13.8 Å². The summed E-state index contributed by atoms with van der Waals surface area (Å²) in [5, 5.41) is 14.1. The smallest absolute Gasteiger partial charge is 0.338 e. The first kappa shape index (κ1) is 19.7. The molecule has 1 heterocycles. The van der Waals surface area contributed by atoms with Gasteiger partial charge in [0.25, 0.3) is 11.6 Å². The number of carbonyl (C=O) groups is 2. The molecule has 2 rings (SSSR count). The summed E-state index contributed by atoms with van der Waals surface area (Å²) in [7, 11) is 0. The van der Waals surface area contributed by atoms with E-state index in [4.69, 9.17) is 4.74 Å². The average molecular weight is 363 g/mol. The first-order valence-corrected chi connectivity index (χ1v) is 8.89. The van der Waals surface area contributed by atoms with Crippen molar-refractivity contribution in [2.75, 3.05) is 31.1 Å². The molecule has 1 aliphatic rings. The maximum absolute atomic E-state index is 12.1. The SMILES string of the molecule is CCCNC(=O)COC(=O)c1ccc(N2CCC[C@@H](C)C2)c([N+](=O)[O-])c1. The Hall–Kier alpha value is -2.64. The topological polar surface area (TPSA) is 102 Å². The van der Waals surface area contributed by atoms with Gasteiger partial charge < -0.3 is 15.0 Å². The Morgan fingerprint density at radius 1 is 1.42 bits per heavy atom. The molecule has 1 saturated heterocycles. The molecule has 142 valence electrons. The van der Waals surface area contributed by atoms with E-state index in [2.05, 4.69) is 12.2 Å². The van der Waals surface area contributed by atoms with Crippen LogP contribution in [0.2, 0.25) is 0 Å². The normalized spacial score (nSPS) is 16.8. The highest BCUT2D eigenvalue weighted by atomic mass is 16.6. The van der Waals surface area contributed by atoms with Crippen molar-refractivity contribution >= 4 is 23.3 Å². The lowest BCUT2D eigenvalue weighted by Gasteiger charge is -2.32. The highest BCUT2D eigenvalue weighted by Crippen LogP contribution is 2.32. The number of nitro groups is 1. The molecule has 1 fully saturated rings. The second-order valence-electron chi connectivity index (χ2n) is 6.58. The van der Waals surface area contributed by atoms with Gasteiger partial charge in [0, 0.05) is 25.7 Å². The summed E-state index contributed by atoms with van der Waals surface area (Å²) in [4.78, 5) is 36.6. The lowest BCUT2D eigenvalue weighted by Crippen LogP contribution is -2.34. The van der Waals surface area contributed by atoms with Crippen LogP contribution in [0.25, 0.3) is 0 Å². The Morgan fingerprint density at radius 3 is 2.85 bits per heavy atom. The van der Waals surface area contributed by atoms with Gasteiger partial charge in [0.1, 0.15) is 5.69 Å². The van der Waals surface area contributed by atoms with Gasteiger partial charge in [-0.2, -0.15) is 0 Å². The Kier molecular flexibility index (Phi) is 6.94. The van der Waals surface area contributed by atoms with Crippen LogP contribution in [-0.4, -0.2) is 43.0 Å². The fourth-order valence-corrected chi connectivity index (χ4v) is 3.00. The number of esters is 1. The number of nitrogens with zero attached hydrogens (tertiary/aromatic N) is 2. The van der Waals surface area contributed by atoms with Gasteiger partial charge in [-0.15, -0.1) is 0 Å². The molecular weight excluding hydrogens is 338 g/mol.